The molecule has 7 heteroatoms. The quantitative estimate of drug-likeness (QED) is 0.716. The smallest absolute Gasteiger partial charge is 0.262 e. The lowest BCUT2D eigenvalue weighted by Gasteiger charge is -2.27. The zero-order valence-corrected chi connectivity index (χ0v) is 15.4. The Labute approximate surface area is 162 Å². The van der Waals surface area contributed by atoms with E-state index in [9.17, 15) is 14.4 Å². The summed E-state index contributed by atoms with van der Waals surface area (Å²) in [5.41, 5.74) is 1.43. The second-order valence-electron chi connectivity index (χ2n) is 6.97. The monoisotopic (exact) mass is 379 g/mol. The molecule has 0 aliphatic carbocycles. The van der Waals surface area contributed by atoms with Crippen LogP contribution in [0.5, 0.6) is 0 Å². The van der Waals surface area contributed by atoms with E-state index in [1.54, 1.807) is 35.4 Å². The summed E-state index contributed by atoms with van der Waals surface area (Å²) >= 11 is 0. The molecule has 1 saturated heterocycles. The maximum Gasteiger partial charge on any atom is 0.262 e. The fourth-order valence-corrected chi connectivity index (χ4v) is 3.59. The maximum absolute atomic E-state index is 13.0. The molecule has 0 radical (unpaired) electrons. The molecule has 1 atom stereocenters. The summed E-state index contributed by atoms with van der Waals surface area (Å²) in [6, 6.07) is 12.2. The number of amides is 3. The summed E-state index contributed by atoms with van der Waals surface area (Å²) < 4.78 is 5.67. The lowest BCUT2D eigenvalue weighted by molar-refractivity contribution is -0.133. The summed E-state index contributed by atoms with van der Waals surface area (Å²) in [7, 11) is 0. The molecule has 1 aromatic heterocycles. The van der Waals surface area contributed by atoms with Gasteiger partial charge >= 0.3 is 0 Å². The third kappa shape index (κ3) is 3.66. The van der Waals surface area contributed by atoms with E-state index < -0.39 is 11.8 Å². The van der Waals surface area contributed by atoms with E-state index in [0.717, 1.165) is 23.4 Å². The first-order valence-corrected chi connectivity index (χ1v) is 9.38. The number of benzene rings is 1. The van der Waals surface area contributed by atoms with Gasteiger partial charge in [0, 0.05) is 19.3 Å². The number of hydrogen-bond donors (Lipinski definition) is 0. The predicted octanol–water partition coefficient (Wildman–Crippen LogP) is 1.89. The van der Waals surface area contributed by atoms with Crippen molar-refractivity contribution in [2.75, 3.05) is 19.7 Å². The summed E-state index contributed by atoms with van der Waals surface area (Å²) in [6.45, 7) is 1.13. The Morgan fingerprint density at radius 3 is 2.43 bits per heavy atom. The Bertz CT molecular complexity index is 859. The number of fused-ring (bicyclic) bond motifs is 1. The second kappa shape index (κ2) is 7.90. The number of aromatic nitrogens is 1. The zero-order valence-electron chi connectivity index (χ0n) is 15.4. The van der Waals surface area contributed by atoms with Gasteiger partial charge in [0.2, 0.25) is 5.91 Å². The highest BCUT2D eigenvalue weighted by molar-refractivity contribution is 6.22. The van der Waals surface area contributed by atoms with Crippen molar-refractivity contribution < 1.29 is 19.1 Å². The van der Waals surface area contributed by atoms with E-state index >= 15 is 0 Å². The zero-order chi connectivity index (χ0) is 19.5. The molecule has 0 spiro atoms. The Kier molecular flexibility index (Phi) is 5.16. The molecule has 1 fully saturated rings. The molecule has 1 aromatic carbocycles. The number of carbonyl (C=O) groups excluding carboxylic acids is 3. The highest BCUT2D eigenvalue weighted by Crippen LogP contribution is 2.23. The van der Waals surface area contributed by atoms with Crippen molar-refractivity contribution in [2.24, 2.45) is 0 Å². The van der Waals surface area contributed by atoms with Crippen LogP contribution in [0.15, 0.2) is 48.7 Å². The molecule has 2 aliphatic heterocycles. The molecule has 28 heavy (non-hydrogen) atoms. The van der Waals surface area contributed by atoms with Crippen LogP contribution in [-0.2, 0) is 16.1 Å². The minimum absolute atomic E-state index is 0.0326. The Hall–Kier alpha value is -3.06. The Morgan fingerprint density at radius 1 is 1.11 bits per heavy atom. The molecule has 0 N–H and O–H groups in total. The van der Waals surface area contributed by atoms with E-state index in [0.29, 0.717) is 30.8 Å². The van der Waals surface area contributed by atoms with Gasteiger partial charge in [0.25, 0.3) is 11.8 Å². The molecule has 7 nitrogen and oxygen atoms in total. The van der Waals surface area contributed by atoms with Crippen LogP contribution in [0.4, 0.5) is 0 Å². The van der Waals surface area contributed by atoms with Crippen LogP contribution >= 0.6 is 0 Å². The second-order valence-corrected chi connectivity index (χ2v) is 6.97. The van der Waals surface area contributed by atoms with Gasteiger partial charge < -0.3 is 9.64 Å². The van der Waals surface area contributed by atoms with Crippen LogP contribution in [0.1, 0.15) is 39.3 Å². The van der Waals surface area contributed by atoms with Crippen LogP contribution in [0, 0.1) is 0 Å². The first-order chi connectivity index (χ1) is 13.6. The highest BCUT2D eigenvalue weighted by Gasteiger charge is 2.37. The molecule has 2 aliphatic rings. The average molecular weight is 379 g/mol. The lowest BCUT2D eigenvalue weighted by atomic mass is 10.1. The number of pyridine rings is 1. The van der Waals surface area contributed by atoms with Crippen molar-refractivity contribution in [3.63, 3.8) is 0 Å². The van der Waals surface area contributed by atoms with Gasteiger partial charge in [0.15, 0.2) is 0 Å². The number of imide groups is 1. The molecule has 3 heterocycles. The van der Waals surface area contributed by atoms with Gasteiger partial charge in [-0.1, -0.05) is 18.2 Å². The third-order valence-corrected chi connectivity index (χ3v) is 5.05. The van der Waals surface area contributed by atoms with Crippen LogP contribution in [-0.4, -0.2) is 58.3 Å². The number of nitrogens with zero attached hydrogens (tertiary/aromatic N) is 3. The first kappa shape index (κ1) is 18.3. The van der Waals surface area contributed by atoms with Crippen molar-refractivity contribution in [1.29, 1.82) is 0 Å². The molecule has 0 bridgehead atoms. The summed E-state index contributed by atoms with van der Waals surface area (Å²) in [4.78, 5) is 45.1. The minimum Gasteiger partial charge on any atom is -0.376 e. The van der Waals surface area contributed by atoms with E-state index in [1.165, 1.54) is 0 Å². The lowest BCUT2D eigenvalue weighted by Crippen LogP contribution is -2.45. The Balaban J connectivity index is 1.50. The van der Waals surface area contributed by atoms with Crippen molar-refractivity contribution in [2.45, 2.75) is 25.5 Å². The van der Waals surface area contributed by atoms with E-state index in [-0.39, 0.29) is 18.6 Å². The van der Waals surface area contributed by atoms with E-state index in [2.05, 4.69) is 4.98 Å². The van der Waals surface area contributed by atoms with Crippen molar-refractivity contribution >= 4 is 17.7 Å². The van der Waals surface area contributed by atoms with Gasteiger partial charge in [-0.05, 0) is 37.1 Å². The van der Waals surface area contributed by atoms with E-state index in [1.807, 2.05) is 18.2 Å². The molecule has 0 saturated carbocycles. The SMILES string of the molecule is O=C(CN1C(=O)c2ccccc2C1=O)N(Cc1ccccn1)C[C@H]1CCCO1. The number of ether oxygens (including phenoxy) is 1. The fraction of sp³-hybridized carbons (Fsp3) is 0.333. The number of rotatable bonds is 6. The van der Waals surface area contributed by atoms with Crippen LogP contribution in [0.2, 0.25) is 0 Å². The van der Waals surface area contributed by atoms with Crippen LogP contribution < -0.4 is 0 Å². The van der Waals surface area contributed by atoms with E-state index in [4.69, 9.17) is 4.74 Å². The first-order valence-electron chi connectivity index (χ1n) is 9.38. The Morgan fingerprint density at radius 2 is 1.82 bits per heavy atom. The molecular weight excluding hydrogens is 358 g/mol. The largest absolute Gasteiger partial charge is 0.376 e. The van der Waals surface area contributed by atoms with Crippen molar-refractivity contribution in [1.82, 2.24) is 14.8 Å². The molecule has 0 unspecified atom stereocenters. The standard InChI is InChI=1S/C21H21N3O4/c25-19(14-24-20(26)17-8-1-2-9-18(17)21(24)27)23(13-16-7-5-11-28-16)12-15-6-3-4-10-22-15/h1-4,6,8-10,16H,5,7,11-14H2/t16-/m1/s1. The predicted molar refractivity (Wildman–Crippen MR) is 100 cm³/mol. The summed E-state index contributed by atoms with van der Waals surface area (Å²) in [5, 5.41) is 0. The maximum atomic E-state index is 13.0. The normalized spacial score (nSPS) is 18.4. The minimum atomic E-state index is -0.427. The van der Waals surface area contributed by atoms with Crippen molar-refractivity contribution in [3.8, 4) is 0 Å². The van der Waals surface area contributed by atoms with Gasteiger partial charge in [0.1, 0.15) is 6.54 Å². The van der Waals surface area contributed by atoms with Gasteiger partial charge in [0.05, 0.1) is 29.5 Å². The highest BCUT2D eigenvalue weighted by atomic mass is 16.5. The number of carbonyl (C=O) groups is 3. The third-order valence-electron chi connectivity index (χ3n) is 5.05. The van der Waals surface area contributed by atoms with Gasteiger partial charge in [-0.25, -0.2) is 0 Å². The average Bonchev–Trinajstić information content (AvgIpc) is 3.31. The van der Waals surface area contributed by atoms with Gasteiger partial charge in [-0.2, -0.15) is 0 Å². The van der Waals surface area contributed by atoms with Gasteiger partial charge in [-0.15, -0.1) is 0 Å². The van der Waals surface area contributed by atoms with Gasteiger partial charge in [-0.3, -0.25) is 24.3 Å². The van der Waals surface area contributed by atoms with Crippen LogP contribution in [0.3, 0.4) is 0 Å². The molecule has 2 aromatic rings. The number of hydrogen-bond acceptors (Lipinski definition) is 5. The topological polar surface area (TPSA) is 79.8 Å². The van der Waals surface area contributed by atoms with Crippen LogP contribution in [0.25, 0.3) is 0 Å². The fourth-order valence-electron chi connectivity index (χ4n) is 3.59. The molecule has 3 amide bonds. The molecule has 144 valence electrons. The summed E-state index contributed by atoms with van der Waals surface area (Å²) in [5.74, 6) is -1.15. The molecule has 4 rings (SSSR count). The molecular formula is C21H21N3O4. The van der Waals surface area contributed by atoms with Crippen molar-refractivity contribution in [3.05, 3.63) is 65.5 Å². The summed E-state index contributed by atoms with van der Waals surface area (Å²) in [6.07, 6.45) is 3.50.